The molecule has 4 rings (SSSR count). The monoisotopic (exact) mass is 341 g/mol. The molecule has 1 amide bonds. The molecule has 2 fully saturated rings. The van der Waals surface area contributed by atoms with E-state index >= 15 is 0 Å². The van der Waals surface area contributed by atoms with Crippen molar-refractivity contribution in [2.24, 2.45) is 5.92 Å². The molecule has 4 heteroatoms. The number of likely N-dealkylation sites (N-methyl/N-ethyl adjacent to an activating group) is 1. The normalized spacial score (nSPS) is 22.4. The van der Waals surface area contributed by atoms with Gasteiger partial charge < -0.3 is 10.2 Å². The SMILES string of the molecule is CN1CCc2cc(C(CNC(=O)C3CCCC3)N3CCCC3)ccc21. The van der Waals surface area contributed by atoms with Crippen LogP contribution in [0.25, 0.3) is 0 Å². The fourth-order valence-electron chi connectivity index (χ4n) is 4.83. The molecular weight excluding hydrogens is 310 g/mol. The minimum atomic E-state index is 0.257. The van der Waals surface area contributed by atoms with Gasteiger partial charge in [-0.05, 0) is 62.4 Å². The standard InChI is InChI=1S/C21H31N3O/c1-23-13-10-18-14-17(8-9-19(18)23)20(24-11-4-5-12-24)15-22-21(25)16-6-2-3-7-16/h8-9,14,16,20H,2-7,10-13,15H2,1H3,(H,22,25). The number of rotatable bonds is 5. The number of nitrogens with one attached hydrogen (secondary N) is 1. The maximum atomic E-state index is 12.5. The number of hydrogen-bond donors (Lipinski definition) is 1. The van der Waals surface area contributed by atoms with Gasteiger partial charge in [-0.2, -0.15) is 0 Å². The van der Waals surface area contributed by atoms with Crippen molar-refractivity contribution < 1.29 is 4.79 Å². The van der Waals surface area contributed by atoms with Crippen LogP contribution < -0.4 is 10.2 Å². The van der Waals surface area contributed by atoms with Gasteiger partial charge in [-0.1, -0.05) is 25.0 Å². The van der Waals surface area contributed by atoms with Crippen LogP contribution in [-0.2, 0) is 11.2 Å². The van der Waals surface area contributed by atoms with Crippen molar-refractivity contribution in [3.8, 4) is 0 Å². The van der Waals surface area contributed by atoms with Crippen LogP contribution >= 0.6 is 0 Å². The molecule has 1 unspecified atom stereocenters. The number of benzene rings is 1. The zero-order chi connectivity index (χ0) is 17.2. The summed E-state index contributed by atoms with van der Waals surface area (Å²) in [6, 6.07) is 7.28. The van der Waals surface area contributed by atoms with Crippen molar-refractivity contribution >= 4 is 11.6 Å². The minimum absolute atomic E-state index is 0.257. The quantitative estimate of drug-likeness (QED) is 0.894. The van der Waals surface area contributed by atoms with Crippen molar-refractivity contribution in [3.05, 3.63) is 29.3 Å². The summed E-state index contributed by atoms with van der Waals surface area (Å²) in [5.41, 5.74) is 4.22. The summed E-state index contributed by atoms with van der Waals surface area (Å²) in [5, 5.41) is 3.29. The largest absolute Gasteiger partial charge is 0.374 e. The molecule has 1 aliphatic carbocycles. The van der Waals surface area contributed by atoms with E-state index in [-0.39, 0.29) is 11.8 Å². The molecule has 25 heavy (non-hydrogen) atoms. The molecule has 1 aromatic carbocycles. The smallest absolute Gasteiger partial charge is 0.223 e. The van der Waals surface area contributed by atoms with Gasteiger partial charge in [0, 0.05) is 31.7 Å². The van der Waals surface area contributed by atoms with Crippen molar-refractivity contribution in [1.82, 2.24) is 10.2 Å². The van der Waals surface area contributed by atoms with Crippen LogP contribution in [0.15, 0.2) is 18.2 Å². The molecule has 1 N–H and O–H groups in total. The first kappa shape index (κ1) is 16.9. The Bertz CT molecular complexity index is 618. The fraction of sp³-hybridized carbons (Fsp3) is 0.667. The molecule has 1 saturated heterocycles. The predicted molar refractivity (Wildman–Crippen MR) is 102 cm³/mol. The van der Waals surface area contributed by atoms with Gasteiger partial charge in [-0.25, -0.2) is 0 Å². The van der Waals surface area contributed by atoms with Crippen LogP contribution in [0.4, 0.5) is 5.69 Å². The molecule has 4 nitrogen and oxygen atoms in total. The Morgan fingerprint density at radius 2 is 1.92 bits per heavy atom. The molecule has 2 aliphatic heterocycles. The van der Waals surface area contributed by atoms with Gasteiger partial charge in [-0.15, -0.1) is 0 Å². The third-order valence-corrected chi connectivity index (χ3v) is 6.39. The van der Waals surface area contributed by atoms with E-state index < -0.39 is 0 Å². The van der Waals surface area contributed by atoms with Gasteiger partial charge in [0.2, 0.25) is 5.91 Å². The zero-order valence-corrected chi connectivity index (χ0v) is 15.5. The van der Waals surface area contributed by atoms with E-state index in [1.807, 2.05) is 0 Å². The molecule has 0 spiro atoms. The second-order valence-electron chi connectivity index (χ2n) is 8.05. The van der Waals surface area contributed by atoms with Crippen LogP contribution in [-0.4, -0.2) is 44.0 Å². The van der Waals surface area contributed by atoms with Crippen LogP contribution in [0.2, 0.25) is 0 Å². The third-order valence-electron chi connectivity index (χ3n) is 6.39. The summed E-state index contributed by atoms with van der Waals surface area (Å²) in [6.45, 7) is 4.18. The van der Waals surface area contributed by atoms with Crippen molar-refractivity contribution in [3.63, 3.8) is 0 Å². The molecule has 1 atom stereocenters. The van der Waals surface area contributed by atoms with E-state index in [1.54, 1.807) is 0 Å². The summed E-state index contributed by atoms with van der Waals surface area (Å²) in [7, 11) is 2.17. The molecule has 1 saturated carbocycles. The Balaban J connectivity index is 1.49. The van der Waals surface area contributed by atoms with Crippen molar-refractivity contribution in [2.75, 3.05) is 38.1 Å². The Morgan fingerprint density at radius 3 is 2.68 bits per heavy atom. The number of nitrogens with zero attached hydrogens (tertiary/aromatic N) is 2. The van der Waals surface area contributed by atoms with E-state index in [9.17, 15) is 4.79 Å². The molecule has 136 valence electrons. The third kappa shape index (κ3) is 3.55. The lowest BCUT2D eigenvalue weighted by Crippen LogP contribution is -2.38. The maximum absolute atomic E-state index is 12.5. The molecule has 0 radical (unpaired) electrons. The molecular formula is C21H31N3O. The molecule has 0 bridgehead atoms. The molecule has 0 aromatic heterocycles. The number of likely N-dealkylation sites (tertiary alicyclic amines) is 1. The average molecular weight is 341 g/mol. The summed E-state index contributed by atoms with van der Waals surface area (Å²) >= 11 is 0. The molecule has 1 aromatic rings. The van der Waals surface area contributed by atoms with Gasteiger partial charge in [0.25, 0.3) is 0 Å². The second-order valence-corrected chi connectivity index (χ2v) is 8.05. The van der Waals surface area contributed by atoms with E-state index in [4.69, 9.17) is 0 Å². The number of carbonyl (C=O) groups excluding carboxylic acids is 1. The van der Waals surface area contributed by atoms with Gasteiger partial charge in [0.15, 0.2) is 0 Å². The number of amides is 1. The summed E-state index contributed by atoms with van der Waals surface area (Å²) in [5.74, 6) is 0.537. The van der Waals surface area contributed by atoms with Gasteiger partial charge in [0.1, 0.15) is 0 Å². The first-order chi connectivity index (χ1) is 12.2. The van der Waals surface area contributed by atoms with Gasteiger partial charge in [0.05, 0.1) is 6.04 Å². The van der Waals surface area contributed by atoms with E-state index in [1.165, 1.54) is 42.5 Å². The lowest BCUT2D eigenvalue weighted by molar-refractivity contribution is -0.125. The molecule has 3 aliphatic rings. The lowest BCUT2D eigenvalue weighted by Gasteiger charge is -2.29. The Kier molecular flexibility index (Phi) is 4.98. The number of hydrogen-bond acceptors (Lipinski definition) is 3. The van der Waals surface area contributed by atoms with E-state index in [2.05, 4.69) is 40.4 Å². The Labute approximate surface area is 151 Å². The van der Waals surface area contributed by atoms with Gasteiger partial charge in [-0.3, -0.25) is 9.69 Å². The highest BCUT2D eigenvalue weighted by atomic mass is 16.1. The number of fused-ring (bicyclic) bond motifs is 1. The summed E-state index contributed by atoms with van der Waals surface area (Å²) in [6.07, 6.45) is 8.27. The first-order valence-corrected chi connectivity index (χ1v) is 10.1. The lowest BCUT2D eigenvalue weighted by atomic mass is 10.0. The predicted octanol–water partition coefficient (Wildman–Crippen LogP) is 3.12. The van der Waals surface area contributed by atoms with Crippen molar-refractivity contribution in [1.29, 1.82) is 0 Å². The average Bonchev–Trinajstić information content (AvgIpc) is 3.37. The van der Waals surface area contributed by atoms with Crippen LogP contribution in [0.3, 0.4) is 0 Å². The Morgan fingerprint density at radius 1 is 1.16 bits per heavy atom. The number of carbonyl (C=O) groups is 1. The van der Waals surface area contributed by atoms with Crippen LogP contribution in [0.1, 0.15) is 55.7 Å². The van der Waals surface area contributed by atoms with Crippen molar-refractivity contribution in [2.45, 2.75) is 51.0 Å². The second kappa shape index (κ2) is 7.36. The topological polar surface area (TPSA) is 35.6 Å². The highest BCUT2D eigenvalue weighted by Gasteiger charge is 2.28. The fourth-order valence-corrected chi connectivity index (χ4v) is 4.83. The number of anilines is 1. The summed E-state index contributed by atoms with van der Waals surface area (Å²) < 4.78 is 0. The van der Waals surface area contributed by atoms with Gasteiger partial charge >= 0.3 is 0 Å². The highest BCUT2D eigenvalue weighted by Crippen LogP contribution is 2.32. The first-order valence-electron chi connectivity index (χ1n) is 10.1. The maximum Gasteiger partial charge on any atom is 0.223 e. The van der Waals surface area contributed by atoms with E-state index in [0.717, 1.165) is 45.4 Å². The summed E-state index contributed by atoms with van der Waals surface area (Å²) in [4.78, 5) is 17.4. The minimum Gasteiger partial charge on any atom is -0.374 e. The molecule has 2 heterocycles. The van der Waals surface area contributed by atoms with Crippen LogP contribution in [0, 0.1) is 5.92 Å². The Hall–Kier alpha value is -1.55. The van der Waals surface area contributed by atoms with E-state index in [0.29, 0.717) is 6.04 Å². The van der Waals surface area contributed by atoms with Crippen LogP contribution in [0.5, 0.6) is 0 Å². The highest BCUT2D eigenvalue weighted by molar-refractivity contribution is 5.78. The zero-order valence-electron chi connectivity index (χ0n) is 15.5.